The zero-order valence-corrected chi connectivity index (χ0v) is 17.7. The van der Waals surface area contributed by atoms with Gasteiger partial charge in [0.2, 0.25) is 5.91 Å². The third-order valence-corrected chi connectivity index (χ3v) is 4.17. The van der Waals surface area contributed by atoms with Gasteiger partial charge in [0, 0.05) is 38.3 Å². The molecule has 1 aromatic rings. The Hall–Kier alpha value is -2.44. The number of hydrogen-bond donors (Lipinski definition) is 2. The maximum Gasteiger partial charge on any atom is 0.227 e. The molecule has 0 saturated carbocycles. The predicted octanol–water partition coefficient (Wildman–Crippen LogP) is 2.26. The molecular weight excluding hydrogens is 344 g/mol. The normalized spacial score (nSPS) is 11.7. The van der Waals surface area contributed by atoms with E-state index in [0.717, 1.165) is 29.6 Å². The summed E-state index contributed by atoms with van der Waals surface area (Å²) in [5, 5.41) is 6.15. The van der Waals surface area contributed by atoms with Crippen molar-refractivity contribution < 1.29 is 14.3 Å². The molecule has 0 radical (unpaired) electrons. The smallest absolute Gasteiger partial charge is 0.227 e. The summed E-state index contributed by atoms with van der Waals surface area (Å²) in [4.78, 5) is 18.9. The van der Waals surface area contributed by atoms with Crippen LogP contribution >= 0.6 is 0 Å². The molecule has 0 spiro atoms. The molecule has 1 rings (SSSR count). The monoisotopic (exact) mass is 378 g/mol. The Morgan fingerprint density at radius 2 is 1.81 bits per heavy atom. The maximum atomic E-state index is 12.2. The second-order valence-corrected chi connectivity index (χ2v) is 6.95. The number of carbonyl (C=O) groups excluding carboxylic acids is 1. The number of benzene rings is 1. The lowest BCUT2D eigenvalue weighted by atomic mass is 9.92. The fourth-order valence-corrected chi connectivity index (χ4v) is 2.53. The van der Waals surface area contributed by atoms with E-state index >= 15 is 0 Å². The predicted molar refractivity (Wildman–Crippen MR) is 109 cm³/mol. The summed E-state index contributed by atoms with van der Waals surface area (Å²) < 4.78 is 10.7. The molecule has 0 aliphatic heterocycles. The van der Waals surface area contributed by atoms with Gasteiger partial charge in [-0.3, -0.25) is 9.79 Å². The Labute approximate surface area is 163 Å². The molecule has 0 aromatic heterocycles. The molecule has 0 unspecified atom stereocenters. The Kier molecular flexibility index (Phi) is 8.91. The van der Waals surface area contributed by atoms with E-state index in [9.17, 15) is 4.79 Å². The molecule has 7 nitrogen and oxygen atoms in total. The first-order valence-corrected chi connectivity index (χ1v) is 9.27. The van der Waals surface area contributed by atoms with Gasteiger partial charge in [-0.1, -0.05) is 0 Å². The minimum Gasteiger partial charge on any atom is -0.497 e. The Morgan fingerprint density at radius 1 is 1.15 bits per heavy atom. The summed E-state index contributed by atoms with van der Waals surface area (Å²) >= 11 is 0. The lowest BCUT2D eigenvalue weighted by Crippen LogP contribution is -2.42. The highest BCUT2D eigenvalue weighted by Crippen LogP contribution is 2.25. The van der Waals surface area contributed by atoms with Crippen molar-refractivity contribution in [3.8, 4) is 11.5 Å². The summed E-state index contributed by atoms with van der Waals surface area (Å²) in [6, 6.07) is 5.76. The SMILES string of the molecule is CCNC(=O)C(C)(C)CN=C(NCC)N(C)Cc1ccc(OC)cc1OC. The van der Waals surface area contributed by atoms with E-state index in [2.05, 4.69) is 15.6 Å². The molecule has 7 heteroatoms. The molecule has 0 aliphatic carbocycles. The zero-order chi connectivity index (χ0) is 20.4. The number of nitrogens with zero attached hydrogens (tertiary/aromatic N) is 2. The molecule has 0 atom stereocenters. The molecule has 0 bridgehead atoms. The first kappa shape index (κ1) is 22.6. The van der Waals surface area contributed by atoms with Gasteiger partial charge in [-0.2, -0.15) is 0 Å². The summed E-state index contributed by atoms with van der Waals surface area (Å²) in [7, 11) is 5.24. The van der Waals surface area contributed by atoms with E-state index in [1.54, 1.807) is 14.2 Å². The molecular formula is C20H34N4O3. The van der Waals surface area contributed by atoms with Crippen molar-refractivity contribution in [2.75, 3.05) is 40.9 Å². The molecule has 2 N–H and O–H groups in total. The quantitative estimate of drug-likeness (QED) is 0.509. The van der Waals surface area contributed by atoms with Crippen molar-refractivity contribution in [3.05, 3.63) is 23.8 Å². The summed E-state index contributed by atoms with van der Waals surface area (Å²) in [5.74, 6) is 2.26. The highest BCUT2D eigenvalue weighted by atomic mass is 16.5. The molecule has 0 fully saturated rings. The van der Waals surface area contributed by atoms with Gasteiger partial charge in [-0.15, -0.1) is 0 Å². The number of aliphatic imine (C=N–C) groups is 1. The molecule has 0 saturated heterocycles. The van der Waals surface area contributed by atoms with Crippen LogP contribution in [0.4, 0.5) is 0 Å². The van der Waals surface area contributed by atoms with Gasteiger partial charge in [-0.25, -0.2) is 0 Å². The number of guanidine groups is 1. The lowest BCUT2D eigenvalue weighted by molar-refractivity contribution is -0.128. The third-order valence-electron chi connectivity index (χ3n) is 4.17. The topological polar surface area (TPSA) is 75.2 Å². The number of methoxy groups -OCH3 is 2. The van der Waals surface area contributed by atoms with E-state index in [4.69, 9.17) is 9.47 Å². The van der Waals surface area contributed by atoms with E-state index in [1.165, 1.54) is 0 Å². The van der Waals surface area contributed by atoms with Gasteiger partial charge in [0.15, 0.2) is 5.96 Å². The summed E-state index contributed by atoms with van der Waals surface area (Å²) in [5.41, 5.74) is 0.448. The van der Waals surface area contributed by atoms with Crippen LogP contribution in [0.2, 0.25) is 0 Å². The van der Waals surface area contributed by atoms with Gasteiger partial charge in [0.25, 0.3) is 0 Å². The molecule has 1 aromatic carbocycles. The molecule has 27 heavy (non-hydrogen) atoms. The van der Waals surface area contributed by atoms with Crippen molar-refractivity contribution in [3.63, 3.8) is 0 Å². The number of amides is 1. The molecule has 0 aliphatic rings. The van der Waals surface area contributed by atoms with Crippen molar-refractivity contribution in [1.29, 1.82) is 0 Å². The standard InChI is InChI=1S/C20H34N4O3/c1-8-21-18(25)20(3,4)14-23-19(22-9-2)24(5)13-15-10-11-16(26-6)12-17(15)27-7/h10-12H,8-9,13-14H2,1-7H3,(H,21,25)(H,22,23). The minimum absolute atomic E-state index is 0.00377. The van der Waals surface area contributed by atoms with Gasteiger partial charge in [-0.05, 0) is 39.8 Å². The van der Waals surface area contributed by atoms with Crippen molar-refractivity contribution >= 4 is 11.9 Å². The highest BCUT2D eigenvalue weighted by molar-refractivity contribution is 5.83. The minimum atomic E-state index is -0.574. The first-order valence-electron chi connectivity index (χ1n) is 9.27. The fourth-order valence-electron chi connectivity index (χ4n) is 2.53. The summed E-state index contributed by atoms with van der Waals surface area (Å²) in [6.45, 7) is 10.1. The number of hydrogen-bond acceptors (Lipinski definition) is 4. The van der Waals surface area contributed by atoms with Crippen LogP contribution in [0.1, 0.15) is 33.3 Å². The van der Waals surface area contributed by atoms with Crippen LogP contribution in [0.15, 0.2) is 23.2 Å². The van der Waals surface area contributed by atoms with Crippen molar-refractivity contribution in [2.24, 2.45) is 10.4 Å². The average Bonchev–Trinajstić information content (AvgIpc) is 2.65. The molecule has 152 valence electrons. The Morgan fingerprint density at radius 3 is 2.37 bits per heavy atom. The van der Waals surface area contributed by atoms with Crippen LogP contribution in [0, 0.1) is 5.41 Å². The van der Waals surface area contributed by atoms with Crippen LogP contribution in [0.5, 0.6) is 11.5 Å². The molecule has 1 amide bonds. The maximum absolute atomic E-state index is 12.2. The second kappa shape index (κ2) is 10.6. The van der Waals surface area contributed by atoms with Crippen LogP contribution in [0.25, 0.3) is 0 Å². The average molecular weight is 379 g/mol. The van der Waals surface area contributed by atoms with Gasteiger partial charge in [0.05, 0.1) is 26.2 Å². The van der Waals surface area contributed by atoms with Crippen molar-refractivity contribution in [1.82, 2.24) is 15.5 Å². The number of nitrogens with one attached hydrogen (secondary N) is 2. The van der Waals surface area contributed by atoms with E-state index < -0.39 is 5.41 Å². The Bertz CT molecular complexity index is 644. The van der Waals surface area contributed by atoms with Crippen molar-refractivity contribution in [2.45, 2.75) is 34.2 Å². The van der Waals surface area contributed by atoms with Gasteiger partial charge >= 0.3 is 0 Å². The lowest BCUT2D eigenvalue weighted by Gasteiger charge is -2.26. The van der Waals surface area contributed by atoms with Gasteiger partial charge < -0.3 is 25.0 Å². The fraction of sp³-hybridized carbons (Fsp3) is 0.600. The second-order valence-electron chi connectivity index (χ2n) is 6.95. The van der Waals surface area contributed by atoms with E-state index in [1.807, 2.05) is 57.8 Å². The number of rotatable bonds is 9. The van der Waals surface area contributed by atoms with Crippen LogP contribution in [-0.4, -0.2) is 57.7 Å². The largest absolute Gasteiger partial charge is 0.497 e. The van der Waals surface area contributed by atoms with Crippen LogP contribution in [-0.2, 0) is 11.3 Å². The highest BCUT2D eigenvalue weighted by Gasteiger charge is 2.27. The number of carbonyl (C=O) groups is 1. The van der Waals surface area contributed by atoms with Gasteiger partial charge in [0.1, 0.15) is 11.5 Å². The van der Waals surface area contributed by atoms with E-state index in [0.29, 0.717) is 19.6 Å². The molecule has 0 heterocycles. The zero-order valence-electron chi connectivity index (χ0n) is 17.7. The Balaban J connectivity index is 2.95. The third kappa shape index (κ3) is 6.66. The van der Waals surface area contributed by atoms with Crippen LogP contribution < -0.4 is 20.1 Å². The number of ether oxygens (including phenoxy) is 2. The first-order chi connectivity index (χ1) is 12.8. The van der Waals surface area contributed by atoms with Crippen LogP contribution in [0.3, 0.4) is 0 Å². The summed E-state index contributed by atoms with van der Waals surface area (Å²) in [6.07, 6.45) is 0. The van der Waals surface area contributed by atoms with E-state index in [-0.39, 0.29) is 5.91 Å².